The topological polar surface area (TPSA) is 230 Å². The summed E-state index contributed by atoms with van der Waals surface area (Å²) < 4.78 is 0. The van der Waals surface area contributed by atoms with Gasteiger partial charge < -0.3 is 25.5 Å². The van der Waals surface area contributed by atoms with Gasteiger partial charge in [-0.15, -0.1) is 0 Å². The second kappa shape index (κ2) is 23.8. The Balaban J connectivity index is -0.0000000604. The first-order chi connectivity index (χ1) is 10.1. The zero-order chi connectivity index (χ0) is 20.2. The van der Waals surface area contributed by atoms with E-state index in [1.807, 2.05) is 0 Å². The summed E-state index contributed by atoms with van der Waals surface area (Å²) in [5.41, 5.74) is 0. The lowest BCUT2D eigenvalue weighted by Gasteiger charge is -1.79. The van der Waals surface area contributed by atoms with Crippen LogP contribution in [0.4, 0.5) is 0 Å². The first-order valence-electron chi connectivity index (χ1n) is 5.17. The minimum Gasteiger partial charge on any atom is -0.481 e. The fourth-order valence-corrected chi connectivity index (χ4v) is 0.110. The van der Waals surface area contributed by atoms with Crippen molar-refractivity contribution in [2.75, 3.05) is 6.54 Å². The minimum absolute atomic E-state index is 0.833. The standard InChI is InChI=1S/C2H3NO4.4C2H4O2/c4-2(5)1-3(6)7;4*1-2(3)4/h1H2,(H,4,5);4*1H3,(H,3,4). The van der Waals surface area contributed by atoms with Crippen molar-refractivity contribution in [1.29, 1.82) is 0 Å². The largest absolute Gasteiger partial charge is 0.481 e. The molecule has 0 rings (SSSR count). The summed E-state index contributed by atoms with van der Waals surface area (Å²) in [6.45, 7) is 3.33. The van der Waals surface area contributed by atoms with E-state index in [4.69, 9.17) is 44.7 Å². The number of carboxylic acid groups (broad SMARTS) is 5. The van der Waals surface area contributed by atoms with Crippen LogP contribution in [0.2, 0.25) is 0 Å². The third-order valence-electron chi connectivity index (χ3n) is 0.264. The monoisotopic (exact) mass is 345 g/mol. The van der Waals surface area contributed by atoms with Gasteiger partial charge in [0.25, 0.3) is 30.4 Å². The van der Waals surface area contributed by atoms with Crippen LogP contribution in [-0.4, -0.2) is 66.8 Å². The van der Waals surface area contributed by atoms with Gasteiger partial charge in [0.15, 0.2) is 0 Å². The van der Waals surface area contributed by atoms with Crippen molar-refractivity contribution in [3.8, 4) is 0 Å². The lowest BCUT2D eigenvalue weighted by atomic mass is 10.7. The van der Waals surface area contributed by atoms with Gasteiger partial charge in [-0.05, 0) is 0 Å². The van der Waals surface area contributed by atoms with Gasteiger partial charge in [-0.2, -0.15) is 0 Å². The van der Waals surface area contributed by atoms with Crippen LogP contribution in [0.3, 0.4) is 0 Å². The van der Waals surface area contributed by atoms with E-state index in [1.165, 1.54) is 0 Å². The van der Waals surface area contributed by atoms with Crippen LogP contribution in [0.25, 0.3) is 0 Å². The van der Waals surface area contributed by atoms with Crippen molar-refractivity contribution < 1.29 is 54.4 Å². The van der Waals surface area contributed by atoms with E-state index in [0.717, 1.165) is 27.7 Å². The molecular formula is C10H19NO12. The smallest absolute Gasteiger partial charge is 0.376 e. The van der Waals surface area contributed by atoms with Crippen molar-refractivity contribution >= 4 is 29.8 Å². The summed E-state index contributed by atoms with van der Waals surface area (Å²) in [4.78, 5) is 53.7. The molecule has 136 valence electrons. The Bertz CT molecular complexity index is 313. The summed E-state index contributed by atoms with van der Waals surface area (Å²) in [5, 5.41) is 46.5. The lowest BCUT2D eigenvalue weighted by molar-refractivity contribution is -0.469. The quantitative estimate of drug-likeness (QED) is 0.321. The maximum atomic E-state index is 9.37. The molecule has 13 heteroatoms. The molecule has 0 unspecified atom stereocenters. The van der Waals surface area contributed by atoms with Gasteiger partial charge in [0.2, 0.25) is 0 Å². The maximum absolute atomic E-state index is 9.37. The number of rotatable bonds is 2. The van der Waals surface area contributed by atoms with Crippen molar-refractivity contribution in [2.45, 2.75) is 27.7 Å². The predicted octanol–water partition coefficient (Wildman–Crippen LogP) is -0.289. The summed E-state index contributed by atoms with van der Waals surface area (Å²) in [5.74, 6) is -4.75. The van der Waals surface area contributed by atoms with Gasteiger partial charge in [0, 0.05) is 32.6 Å². The Morgan fingerprint density at radius 3 is 0.826 bits per heavy atom. The Kier molecular flexibility index (Phi) is 33.0. The van der Waals surface area contributed by atoms with Crippen LogP contribution in [0.1, 0.15) is 27.7 Å². The number of nitrogens with zero attached hydrogens (tertiary/aromatic N) is 1. The molecule has 0 aromatic heterocycles. The van der Waals surface area contributed by atoms with E-state index in [9.17, 15) is 14.9 Å². The molecule has 0 aromatic rings. The number of carbonyl (C=O) groups is 5. The predicted molar refractivity (Wildman–Crippen MR) is 72.7 cm³/mol. The normalized spacial score (nSPS) is 6.78. The number of carboxylic acids is 5. The van der Waals surface area contributed by atoms with E-state index in [1.54, 1.807) is 0 Å². The van der Waals surface area contributed by atoms with Crippen LogP contribution in [0, 0.1) is 10.1 Å². The third kappa shape index (κ3) is 9350. The van der Waals surface area contributed by atoms with E-state index >= 15 is 0 Å². The highest BCUT2D eigenvalue weighted by molar-refractivity contribution is 5.67. The summed E-state index contributed by atoms with van der Waals surface area (Å²) in [6, 6.07) is 0. The van der Waals surface area contributed by atoms with Crippen LogP contribution >= 0.6 is 0 Å². The van der Waals surface area contributed by atoms with Gasteiger partial charge in [0.05, 0.1) is 0 Å². The maximum Gasteiger partial charge on any atom is 0.376 e. The fourth-order valence-electron chi connectivity index (χ4n) is 0.110. The molecule has 0 radical (unpaired) electrons. The molecule has 0 aliphatic heterocycles. The number of hydrogen-bond acceptors (Lipinski definition) is 7. The molecule has 0 aromatic carbocycles. The second-order valence-electron chi connectivity index (χ2n) is 2.96. The zero-order valence-corrected chi connectivity index (χ0v) is 12.7. The van der Waals surface area contributed by atoms with E-state index in [2.05, 4.69) is 0 Å². The molecule has 0 aliphatic rings. The van der Waals surface area contributed by atoms with E-state index < -0.39 is 41.3 Å². The summed E-state index contributed by atoms with van der Waals surface area (Å²) >= 11 is 0. The molecule has 0 fully saturated rings. The van der Waals surface area contributed by atoms with Crippen molar-refractivity contribution in [3.63, 3.8) is 0 Å². The number of hydrogen-bond donors (Lipinski definition) is 5. The van der Waals surface area contributed by atoms with Gasteiger partial charge >= 0.3 is 5.97 Å². The average Bonchev–Trinajstić information content (AvgIpc) is 2.09. The first-order valence-corrected chi connectivity index (χ1v) is 5.17. The molecule has 0 amide bonds. The fraction of sp³-hybridized carbons (Fsp3) is 0.500. The molecule has 0 saturated carbocycles. The van der Waals surface area contributed by atoms with Gasteiger partial charge in [-0.3, -0.25) is 29.3 Å². The highest BCUT2D eigenvalue weighted by atomic mass is 16.6. The molecule has 0 atom stereocenters. The van der Waals surface area contributed by atoms with Gasteiger partial charge in [-0.1, -0.05) is 0 Å². The van der Waals surface area contributed by atoms with E-state index in [0.29, 0.717) is 0 Å². The number of aliphatic carboxylic acids is 5. The van der Waals surface area contributed by atoms with Crippen LogP contribution in [-0.2, 0) is 24.0 Å². The molecule has 0 bridgehead atoms. The van der Waals surface area contributed by atoms with Crippen molar-refractivity contribution in [1.82, 2.24) is 0 Å². The van der Waals surface area contributed by atoms with E-state index in [-0.39, 0.29) is 0 Å². The van der Waals surface area contributed by atoms with Crippen LogP contribution < -0.4 is 0 Å². The lowest BCUT2D eigenvalue weighted by Crippen LogP contribution is -2.11. The SMILES string of the molecule is CC(=O)O.CC(=O)O.CC(=O)O.CC(=O)O.O=C(O)C[N+](=O)[O-]. The molecule has 0 heterocycles. The Morgan fingerprint density at radius 1 is 0.696 bits per heavy atom. The molecule has 23 heavy (non-hydrogen) atoms. The average molecular weight is 345 g/mol. The molecule has 0 saturated heterocycles. The van der Waals surface area contributed by atoms with Crippen LogP contribution in [0.5, 0.6) is 0 Å². The highest BCUT2D eigenvalue weighted by Crippen LogP contribution is 1.64. The highest BCUT2D eigenvalue weighted by Gasteiger charge is 2.03. The first kappa shape index (κ1) is 31.9. The summed E-state index contributed by atoms with van der Waals surface area (Å²) in [7, 11) is 0. The molecule has 13 nitrogen and oxygen atoms in total. The van der Waals surface area contributed by atoms with Gasteiger partial charge in [-0.25, -0.2) is 4.79 Å². The zero-order valence-electron chi connectivity index (χ0n) is 12.7. The van der Waals surface area contributed by atoms with Crippen molar-refractivity contribution in [3.05, 3.63) is 10.1 Å². The Labute approximate surface area is 129 Å². The molecule has 0 spiro atoms. The minimum atomic E-state index is -1.41. The second-order valence-corrected chi connectivity index (χ2v) is 2.96. The van der Waals surface area contributed by atoms with Crippen LogP contribution in [0.15, 0.2) is 0 Å². The Hall–Kier alpha value is -3.25. The number of nitro groups is 1. The van der Waals surface area contributed by atoms with Gasteiger partial charge in [0.1, 0.15) is 0 Å². The summed E-state index contributed by atoms with van der Waals surface area (Å²) in [6.07, 6.45) is 0. The Morgan fingerprint density at radius 2 is 0.826 bits per heavy atom. The molecule has 0 aliphatic carbocycles. The third-order valence-corrected chi connectivity index (χ3v) is 0.264. The molecule has 5 N–H and O–H groups in total. The molecular weight excluding hydrogens is 326 g/mol. The van der Waals surface area contributed by atoms with Crippen molar-refractivity contribution in [2.24, 2.45) is 0 Å².